The average Bonchev–Trinajstić information content (AvgIpc) is 2.26. The molecule has 1 saturated carbocycles. The second-order valence-corrected chi connectivity index (χ2v) is 4.99. The van der Waals surface area contributed by atoms with Crippen LogP contribution in [0.1, 0.15) is 31.2 Å². The van der Waals surface area contributed by atoms with Crippen LogP contribution in [-0.4, -0.2) is 12.6 Å². The summed E-state index contributed by atoms with van der Waals surface area (Å²) < 4.78 is 43.4. The Morgan fingerprint density at radius 1 is 1.26 bits per heavy atom. The smallest absolute Gasteiger partial charge is 0.419 e. The SMILES string of the molecule is NC(CCOc1ccccc1C(F)(F)F)C1CCC1. The van der Waals surface area contributed by atoms with E-state index in [0.717, 1.165) is 18.9 Å². The molecule has 1 unspecified atom stereocenters. The Morgan fingerprint density at radius 2 is 1.95 bits per heavy atom. The fourth-order valence-electron chi connectivity index (χ4n) is 2.24. The van der Waals surface area contributed by atoms with Gasteiger partial charge >= 0.3 is 6.18 Å². The van der Waals surface area contributed by atoms with Gasteiger partial charge in [-0.3, -0.25) is 0 Å². The zero-order valence-corrected chi connectivity index (χ0v) is 10.6. The van der Waals surface area contributed by atoms with Crippen LogP contribution in [0.15, 0.2) is 24.3 Å². The van der Waals surface area contributed by atoms with Crippen molar-refractivity contribution in [1.82, 2.24) is 0 Å². The minimum Gasteiger partial charge on any atom is -0.493 e. The monoisotopic (exact) mass is 273 g/mol. The molecule has 106 valence electrons. The number of hydrogen-bond acceptors (Lipinski definition) is 2. The van der Waals surface area contributed by atoms with Crippen LogP contribution in [-0.2, 0) is 6.18 Å². The van der Waals surface area contributed by atoms with Gasteiger partial charge in [0.1, 0.15) is 5.75 Å². The van der Waals surface area contributed by atoms with Crippen LogP contribution < -0.4 is 10.5 Å². The molecule has 1 aliphatic rings. The van der Waals surface area contributed by atoms with E-state index >= 15 is 0 Å². The summed E-state index contributed by atoms with van der Waals surface area (Å²) in [5, 5.41) is 0. The standard InChI is InChI=1S/C14H18F3NO/c15-14(16,17)11-6-1-2-7-13(11)19-9-8-12(18)10-4-3-5-10/h1-2,6-7,10,12H,3-5,8-9,18H2. The van der Waals surface area contributed by atoms with E-state index in [0.29, 0.717) is 12.3 Å². The van der Waals surface area contributed by atoms with Crippen molar-refractivity contribution in [3.63, 3.8) is 0 Å². The van der Waals surface area contributed by atoms with Crippen molar-refractivity contribution in [2.45, 2.75) is 37.9 Å². The molecule has 19 heavy (non-hydrogen) atoms. The first kappa shape index (κ1) is 14.2. The molecular formula is C14H18F3NO. The van der Waals surface area contributed by atoms with Crippen LogP contribution in [0.25, 0.3) is 0 Å². The minimum absolute atomic E-state index is 0.0341. The van der Waals surface area contributed by atoms with Gasteiger partial charge in [-0.25, -0.2) is 0 Å². The molecule has 0 bridgehead atoms. The van der Waals surface area contributed by atoms with Gasteiger partial charge in [-0.15, -0.1) is 0 Å². The Labute approximate surface area is 110 Å². The van der Waals surface area contributed by atoms with Crippen molar-refractivity contribution in [1.29, 1.82) is 0 Å². The predicted molar refractivity (Wildman–Crippen MR) is 66.9 cm³/mol. The highest BCUT2D eigenvalue weighted by Crippen LogP contribution is 2.36. The fraction of sp³-hybridized carbons (Fsp3) is 0.571. The van der Waals surface area contributed by atoms with Gasteiger partial charge in [0, 0.05) is 6.04 Å². The van der Waals surface area contributed by atoms with Gasteiger partial charge in [0.25, 0.3) is 0 Å². The number of para-hydroxylation sites is 1. The molecule has 1 fully saturated rings. The Balaban J connectivity index is 1.88. The Kier molecular flexibility index (Phi) is 4.34. The lowest BCUT2D eigenvalue weighted by molar-refractivity contribution is -0.139. The normalized spacial score (nSPS) is 17.9. The van der Waals surface area contributed by atoms with Crippen molar-refractivity contribution in [2.75, 3.05) is 6.61 Å². The van der Waals surface area contributed by atoms with E-state index in [1.807, 2.05) is 0 Å². The van der Waals surface area contributed by atoms with E-state index in [4.69, 9.17) is 10.5 Å². The highest BCUT2D eigenvalue weighted by atomic mass is 19.4. The number of rotatable bonds is 5. The van der Waals surface area contributed by atoms with Crippen molar-refractivity contribution >= 4 is 0 Å². The van der Waals surface area contributed by atoms with Gasteiger partial charge in [-0.05, 0) is 37.3 Å². The Bertz CT molecular complexity index is 415. The number of halogens is 3. The maximum absolute atomic E-state index is 12.7. The predicted octanol–water partition coefficient (Wildman–Crippen LogP) is 3.60. The summed E-state index contributed by atoms with van der Waals surface area (Å²) >= 11 is 0. The number of alkyl halides is 3. The molecule has 2 N–H and O–H groups in total. The third-order valence-electron chi connectivity index (χ3n) is 3.66. The lowest BCUT2D eigenvalue weighted by Gasteiger charge is -2.31. The minimum atomic E-state index is -4.38. The third kappa shape index (κ3) is 3.62. The van der Waals surface area contributed by atoms with Crippen LogP contribution in [0.2, 0.25) is 0 Å². The largest absolute Gasteiger partial charge is 0.493 e. The molecule has 0 spiro atoms. The third-order valence-corrected chi connectivity index (χ3v) is 3.66. The first-order valence-corrected chi connectivity index (χ1v) is 6.53. The summed E-state index contributed by atoms with van der Waals surface area (Å²) in [5.41, 5.74) is 5.24. The van der Waals surface area contributed by atoms with Crippen molar-refractivity contribution in [2.24, 2.45) is 11.7 Å². The van der Waals surface area contributed by atoms with E-state index in [2.05, 4.69) is 0 Å². The summed E-state index contributed by atoms with van der Waals surface area (Å²) in [5.74, 6) is 0.400. The summed E-state index contributed by atoms with van der Waals surface area (Å²) in [4.78, 5) is 0. The maximum atomic E-state index is 12.7. The van der Waals surface area contributed by atoms with Crippen molar-refractivity contribution < 1.29 is 17.9 Å². The summed E-state index contributed by atoms with van der Waals surface area (Å²) in [6.45, 7) is 0.227. The molecule has 0 aromatic heterocycles. The first-order valence-electron chi connectivity index (χ1n) is 6.53. The van der Waals surface area contributed by atoms with Crippen molar-refractivity contribution in [3.05, 3.63) is 29.8 Å². The quantitative estimate of drug-likeness (QED) is 0.889. The summed E-state index contributed by atoms with van der Waals surface area (Å²) in [6.07, 6.45) is -0.333. The van der Waals surface area contributed by atoms with Crippen LogP contribution in [0.4, 0.5) is 13.2 Å². The van der Waals surface area contributed by atoms with Crippen LogP contribution in [0, 0.1) is 5.92 Å². The molecule has 0 radical (unpaired) electrons. The molecule has 2 rings (SSSR count). The molecule has 5 heteroatoms. The topological polar surface area (TPSA) is 35.2 Å². The molecule has 1 aromatic rings. The highest BCUT2D eigenvalue weighted by Gasteiger charge is 2.34. The molecule has 2 nitrogen and oxygen atoms in total. The van der Waals surface area contributed by atoms with Gasteiger partial charge in [0.15, 0.2) is 0 Å². The zero-order chi connectivity index (χ0) is 13.9. The van der Waals surface area contributed by atoms with E-state index < -0.39 is 11.7 Å². The van der Waals surface area contributed by atoms with Gasteiger partial charge in [0.2, 0.25) is 0 Å². The van der Waals surface area contributed by atoms with Gasteiger partial charge < -0.3 is 10.5 Å². The molecular weight excluding hydrogens is 255 g/mol. The second kappa shape index (κ2) is 5.82. The lowest BCUT2D eigenvalue weighted by Crippen LogP contribution is -2.35. The Morgan fingerprint density at radius 3 is 2.53 bits per heavy atom. The number of benzene rings is 1. The fourth-order valence-corrected chi connectivity index (χ4v) is 2.24. The molecule has 1 aromatic carbocycles. The van der Waals surface area contributed by atoms with E-state index in [9.17, 15) is 13.2 Å². The molecule has 1 aliphatic carbocycles. The summed E-state index contributed by atoms with van der Waals surface area (Å²) in [6, 6.07) is 5.30. The van der Waals surface area contributed by atoms with E-state index in [1.54, 1.807) is 0 Å². The molecule has 1 atom stereocenters. The van der Waals surface area contributed by atoms with Crippen LogP contribution in [0.3, 0.4) is 0 Å². The van der Waals surface area contributed by atoms with E-state index in [1.165, 1.54) is 24.6 Å². The van der Waals surface area contributed by atoms with Gasteiger partial charge in [-0.2, -0.15) is 13.2 Å². The zero-order valence-electron chi connectivity index (χ0n) is 10.6. The molecule has 0 amide bonds. The average molecular weight is 273 g/mol. The van der Waals surface area contributed by atoms with Crippen molar-refractivity contribution in [3.8, 4) is 5.75 Å². The number of hydrogen-bond donors (Lipinski definition) is 1. The number of ether oxygens (including phenoxy) is 1. The van der Waals surface area contributed by atoms with Crippen LogP contribution >= 0.6 is 0 Å². The summed E-state index contributed by atoms with van der Waals surface area (Å²) in [7, 11) is 0. The maximum Gasteiger partial charge on any atom is 0.419 e. The Hall–Kier alpha value is -1.23. The number of nitrogens with two attached hydrogens (primary N) is 1. The van der Waals surface area contributed by atoms with Gasteiger partial charge in [0.05, 0.1) is 12.2 Å². The van der Waals surface area contributed by atoms with Gasteiger partial charge in [-0.1, -0.05) is 18.6 Å². The first-order chi connectivity index (χ1) is 8.98. The molecule has 0 heterocycles. The highest BCUT2D eigenvalue weighted by molar-refractivity contribution is 5.35. The second-order valence-electron chi connectivity index (χ2n) is 4.99. The lowest BCUT2D eigenvalue weighted by atomic mass is 9.79. The van der Waals surface area contributed by atoms with E-state index in [-0.39, 0.29) is 18.4 Å². The molecule has 0 saturated heterocycles. The molecule has 0 aliphatic heterocycles. The van der Waals surface area contributed by atoms with Crippen LogP contribution in [0.5, 0.6) is 5.75 Å².